The molecule has 0 bridgehead atoms. The van der Waals surface area contributed by atoms with Gasteiger partial charge in [-0.2, -0.15) is 0 Å². The van der Waals surface area contributed by atoms with Gasteiger partial charge in [-0.25, -0.2) is 0 Å². The summed E-state index contributed by atoms with van der Waals surface area (Å²) in [6, 6.07) is 4.09. The Morgan fingerprint density at radius 2 is 1.21 bits per heavy atom. The molecule has 0 aliphatic rings. The van der Waals surface area contributed by atoms with Gasteiger partial charge in [-0.1, -0.05) is 12.1 Å². The summed E-state index contributed by atoms with van der Waals surface area (Å²) in [7, 11) is 0. The summed E-state index contributed by atoms with van der Waals surface area (Å²) >= 11 is 0. The number of hydrogen-bond acceptors (Lipinski definition) is 2. The Balaban J connectivity index is 2.99. The molecule has 0 fully saturated rings. The van der Waals surface area contributed by atoms with E-state index >= 15 is 0 Å². The zero-order valence-electron chi connectivity index (χ0n) is 8.88. The van der Waals surface area contributed by atoms with Gasteiger partial charge in [-0.05, 0) is 48.9 Å². The second kappa shape index (κ2) is 5.13. The fourth-order valence-corrected chi connectivity index (χ4v) is 1.72. The summed E-state index contributed by atoms with van der Waals surface area (Å²) in [5.74, 6) is 0. The Morgan fingerprint density at radius 3 is 1.50 bits per heavy atom. The summed E-state index contributed by atoms with van der Waals surface area (Å²) in [6.45, 7) is 4.53. The Bertz CT molecular complexity index is 274. The highest BCUT2D eigenvalue weighted by Gasteiger charge is 2.05. The van der Waals surface area contributed by atoms with Crippen molar-refractivity contribution >= 4 is 0 Å². The van der Waals surface area contributed by atoms with E-state index in [-0.39, 0.29) is 13.2 Å². The molecule has 1 aromatic carbocycles. The van der Waals surface area contributed by atoms with Gasteiger partial charge in [0.05, 0.1) is 0 Å². The molecule has 0 unspecified atom stereocenters. The van der Waals surface area contributed by atoms with Crippen molar-refractivity contribution in [2.75, 3.05) is 13.2 Å². The van der Waals surface area contributed by atoms with Crippen molar-refractivity contribution in [3.05, 3.63) is 34.4 Å². The molecule has 0 atom stereocenters. The molecule has 0 aliphatic heterocycles. The van der Waals surface area contributed by atoms with Gasteiger partial charge in [0.15, 0.2) is 0 Å². The normalized spacial score (nSPS) is 10.6. The smallest absolute Gasteiger partial charge is 0.0471 e. The molecule has 0 aliphatic carbocycles. The molecule has 0 spiro atoms. The number of rotatable bonds is 4. The zero-order chi connectivity index (χ0) is 10.6. The molecule has 1 rings (SSSR count). The van der Waals surface area contributed by atoms with Gasteiger partial charge in [0.1, 0.15) is 0 Å². The SMILES string of the molecule is Cc1c(CCO)ccc(CCO)c1C. The molecule has 0 radical (unpaired) electrons. The lowest BCUT2D eigenvalue weighted by atomic mass is 9.95. The predicted octanol–water partition coefficient (Wildman–Crippen LogP) is 1.37. The van der Waals surface area contributed by atoms with E-state index in [1.54, 1.807) is 0 Å². The van der Waals surface area contributed by atoms with Crippen LogP contribution < -0.4 is 0 Å². The van der Waals surface area contributed by atoms with Crippen LogP contribution in [0.25, 0.3) is 0 Å². The van der Waals surface area contributed by atoms with Crippen LogP contribution in [0.5, 0.6) is 0 Å². The summed E-state index contributed by atoms with van der Waals surface area (Å²) in [6.07, 6.45) is 1.43. The van der Waals surface area contributed by atoms with E-state index in [0.29, 0.717) is 12.8 Å². The highest BCUT2D eigenvalue weighted by molar-refractivity contribution is 5.39. The molecule has 0 amide bonds. The summed E-state index contributed by atoms with van der Waals surface area (Å²) < 4.78 is 0. The van der Waals surface area contributed by atoms with Crippen LogP contribution in [-0.2, 0) is 12.8 Å². The highest BCUT2D eigenvalue weighted by Crippen LogP contribution is 2.18. The second-order valence-corrected chi connectivity index (χ2v) is 3.58. The van der Waals surface area contributed by atoms with E-state index in [9.17, 15) is 0 Å². The minimum absolute atomic E-state index is 0.194. The average Bonchev–Trinajstić information content (AvgIpc) is 2.18. The van der Waals surface area contributed by atoms with Gasteiger partial charge in [0.25, 0.3) is 0 Å². The van der Waals surface area contributed by atoms with Gasteiger partial charge >= 0.3 is 0 Å². The molecule has 2 N–H and O–H groups in total. The number of benzene rings is 1. The fraction of sp³-hybridized carbons (Fsp3) is 0.500. The third-order valence-corrected chi connectivity index (χ3v) is 2.77. The second-order valence-electron chi connectivity index (χ2n) is 3.58. The summed E-state index contributed by atoms with van der Waals surface area (Å²) in [5, 5.41) is 17.7. The van der Waals surface area contributed by atoms with Gasteiger partial charge in [0, 0.05) is 13.2 Å². The van der Waals surface area contributed by atoms with Crippen molar-refractivity contribution in [2.24, 2.45) is 0 Å². The minimum Gasteiger partial charge on any atom is -0.396 e. The average molecular weight is 194 g/mol. The van der Waals surface area contributed by atoms with E-state index in [1.165, 1.54) is 22.3 Å². The lowest BCUT2D eigenvalue weighted by molar-refractivity contribution is 0.298. The fourth-order valence-electron chi connectivity index (χ4n) is 1.72. The third-order valence-electron chi connectivity index (χ3n) is 2.77. The van der Waals surface area contributed by atoms with Crippen LogP contribution >= 0.6 is 0 Å². The molecule has 14 heavy (non-hydrogen) atoms. The van der Waals surface area contributed by atoms with Crippen LogP contribution in [0.4, 0.5) is 0 Å². The first-order valence-corrected chi connectivity index (χ1v) is 5.00. The maximum absolute atomic E-state index is 8.87. The van der Waals surface area contributed by atoms with Crippen molar-refractivity contribution in [2.45, 2.75) is 26.7 Å². The van der Waals surface area contributed by atoms with Crippen LogP contribution in [0.1, 0.15) is 22.3 Å². The standard InChI is InChI=1S/C12H18O2/c1-9-10(2)12(6-8-14)4-3-11(9)5-7-13/h3-4,13-14H,5-8H2,1-2H3. The molecule has 1 aromatic rings. The maximum Gasteiger partial charge on any atom is 0.0471 e. The molecule has 0 saturated carbocycles. The van der Waals surface area contributed by atoms with Crippen LogP contribution in [0.2, 0.25) is 0 Å². The van der Waals surface area contributed by atoms with Crippen molar-refractivity contribution in [1.82, 2.24) is 0 Å². The molecule has 0 heterocycles. The van der Waals surface area contributed by atoms with Crippen LogP contribution in [0, 0.1) is 13.8 Å². The van der Waals surface area contributed by atoms with E-state index < -0.39 is 0 Å². The molecule has 0 saturated heterocycles. The van der Waals surface area contributed by atoms with Crippen LogP contribution in [0.15, 0.2) is 12.1 Å². The monoisotopic (exact) mass is 194 g/mol. The van der Waals surface area contributed by atoms with Crippen molar-refractivity contribution in [3.8, 4) is 0 Å². The van der Waals surface area contributed by atoms with Gasteiger partial charge in [-0.3, -0.25) is 0 Å². The molecular weight excluding hydrogens is 176 g/mol. The lowest BCUT2D eigenvalue weighted by Crippen LogP contribution is -2.01. The number of aliphatic hydroxyl groups is 2. The Kier molecular flexibility index (Phi) is 4.11. The summed E-state index contributed by atoms with van der Waals surface area (Å²) in [4.78, 5) is 0. The van der Waals surface area contributed by atoms with E-state index in [2.05, 4.69) is 13.8 Å². The topological polar surface area (TPSA) is 40.5 Å². The first-order chi connectivity index (χ1) is 6.70. The van der Waals surface area contributed by atoms with Crippen molar-refractivity contribution in [1.29, 1.82) is 0 Å². The first-order valence-electron chi connectivity index (χ1n) is 5.00. The maximum atomic E-state index is 8.87. The molecule has 2 heteroatoms. The van der Waals surface area contributed by atoms with E-state index in [1.807, 2.05) is 12.1 Å². The van der Waals surface area contributed by atoms with Crippen molar-refractivity contribution < 1.29 is 10.2 Å². The Hall–Kier alpha value is -0.860. The lowest BCUT2D eigenvalue weighted by Gasteiger charge is -2.12. The first kappa shape index (κ1) is 11.2. The predicted molar refractivity (Wildman–Crippen MR) is 57.5 cm³/mol. The van der Waals surface area contributed by atoms with Gasteiger partial charge in [0.2, 0.25) is 0 Å². The van der Waals surface area contributed by atoms with E-state index in [4.69, 9.17) is 10.2 Å². The molecule has 78 valence electrons. The van der Waals surface area contributed by atoms with E-state index in [0.717, 1.165) is 0 Å². The van der Waals surface area contributed by atoms with Crippen LogP contribution in [0.3, 0.4) is 0 Å². The molecule has 2 nitrogen and oxygen atoms in total. The quantitative estimate of drug-likeness (QED) is 0.760. The number of aliphatic hydroxyl groups excluding tert-OH is 2. The van der Waals surface area contributed by atoms with Crippen LogP contribution in [-0.4, -0.2) is 23.4 Å². The van der Waals surface area contributed by atoms with Crippen molar-refractivity contribution in [3.63, 3.8) is 0 Å². The highest BCUT2D eigenvalue weighted by atomic mass is 16.3. The summed E-state index contributed by atoms with van der Waals surface area (Å²) in [5.41, 5.74) is 4.88. The third kappa shape index (κ3) is 2.34. The minimum atomic E-state index is 0.194. The Labute approximate surface area is 85.2 Å². The molecular formula is C12H18O2. The largest absolute Gasteiger partial charge is 0.396 e. The van der Waals surface area contributed by atoms with Gasteiger partial charge in [-0.15, -0.1) is 0 Å². The Morgan fingerprint density at radius 1 is 0.857 bits per heavy atom. The zero-order valence-corrected chi connectivity index (χ0v) is 8.88. The molecule has 0 aromatic heterocycles. The number of hydrogen-bond donors (Lipinski definition) is 2. The van der Waals surface area contributed by atoms with Gasteiger partial charge < -0.3 is 10.2 Å².